The van der Waals surface area contributed by atoms with Crippen molar-refractivity contribution in [3.8, 4) is 0 Å². The molecule has 9 N–H and O–H groups in total. The van der Waals surface area contributed by atoms with Crippen molar-refractivity contribution in [2.75, 3.05) is 19.8 Å². The maximum atomic E-state index is 13.3. The monoisotopic (exact) mass is 1100 g/mol. The lowest BCUT2D eigenvalue weighted by atomic mass is 9.97. The fourth-order valence-electron chi connectivity index (χ4n) is 9.35. The molecular weight excluding hydrogens is 991 g/mol. The number of amides is 1. The first-order valence-corrected chi connectivity index (χ1v) is 30.5. The van der Waals surface area contributed by atoms with Gasteiger partial charge in [-0.2, -0.15) is 0 Å². The Kier molecular flexibility index (Phi) is 44.3. The van der Waals surface area contributed by atoms with E-state index in [1.165, 1.54) is 89.9 Å². The van der Waals surface area contributed by atoms with E-state index < -0.39 is 86.8 Å². The summed E-state index contributed by atoms with van der Waals surface area (Å²) in [5.41, 5.74) is 0. The number of rotatable bonds is 47. The van der Waals surface area contributed by atoms with Crippen LogP contribution in [0.15, 0.2) is 97.2 Å². The van der Waals surface area contributed by atoms with Crippen LogP contribution in [-0.4, -0.2) is 140 Å². The number of ether oxygens (including phenoxy) is 4. The molecule has 2 rings (SSSR count). The normalized spacial score (nSPS) is 25.3. The third kappa shape index (κ3) is 33.6. The van der Waals surface area contributed by atoms with Gasteiger partial charge in [-0.1, -0.05) is 207 Å². The summed E-state index contributed by atoms with van der Waals surface area (Å²) in [5, 5.41) is 87.1. The summed E-state index contributed by atoms with van der Waals surface area (Å²) in [6.07, 6.45) is 50.1. The van der Waals surface area contributed by atoms with Crippen molar-refractivity contribution in [1.82, 2.24) is 5.32 Å². The molecule has 2 aliphatic heterocycles. The van der Waals surface area contributed by atoms with Gasteiger partial charge < -0.3 is 65.1 Å². The summed E-state index contributed by atoms with van der Waals surface area (Å²) in [5.74, 6) is -0.264. The number of hydrogen-bond acceptors (Lipinski definition) is 13. The molecule has 0 aliphatic carbocycles. The van der Waals surface area contributed by atoms with Gasteiger partial charge in [-0.05, 0) is 89.9 Å². The van der Waals surface area contributed by atoms with Gasteiger partial charge in [0.25, 0.3) is 0 Å². The molecule has 0 spiro atoms. The van der Waals surface area contributed by atoms with Crippen molar-refractivity contribution >= 4 is 5.91 Å². The molecule has 0 bridgehead atoms. The first kappa shape index (κ1) is 71.0. The topological polar surface area (TPSA) is 228 Å². The first-order valence-electron chi connectivity index (χ1n) is 30.5. The molecule has 0 aromatic carbocycles. The Morgan fingerprint density at radius 1 is 0.474 bits per heavy atom. The lowest BCUT2D eigenvalue weighted by Gasteiger charge is -2.46. The Hall–Kier alpha value is -3.09. The van der Waals surface area contributed by atoms with Gasteiger partial charge in [0.1, 0.15) is 48.8 Å². The summed E-state index contributed by atoms with van der Waals surface area (Å²) in [4.78, 5) is 13.3. The average molecular weight is 1100 g/mol. The lowest BCUT2D eigenvalue weighted by molar-refractivity contribution is -0.359. The predicted molar refractivity (Wildman–Crippen MR) is 313 cm³/mol. The molecule has 448 valence electrons. The number of aliphatic hydroxyl groups excluding tert-OH is 8. The number of nitrogens with one attached hydrogen (secondary N) is 1. The highest BCUT2D eigenvalue weighted by atomic mass is 16.7. The molecule has 2 aliphatic rings. The molecule has 12 atom stereocenters. The zero-order chi connectivity index (χ0) is 56.7. The summed E-state index contributed by atoms with van der Waals surface area (Å²) >= 11 is 0. The number of carbonyl (C=O) groups excluding carboxylic acids is 1. The third-order valence-electron chi connectivity index (χ3n) is 14.2. The van der Waals surface area contributed by atoms with Gasteiger partial charge in [0.2, 0.25) is 5.91 Å². The quantitative estimate of drug-likeness (QED) is 0.0204. The fraction of sp³-hybridized carbons (Fsp3) is 0.734. The number of carbonyl (C=O) groups is 1. The second-order valence-corrected chi connectivity index (χ2v) is 21.1. The van der Waals surface area contributed by atoms with E-state index in [1.807, 2.05) is 6.08 Å². The van der Waals surface area contributed by atoms with Gasteiger partial charge in [-0.3, -0.25) is 4.79 Å². The van der Waals surface area contributed by atoms with Crippen LogP contribution in [0.5, 0.6) is 0 Å². The van der Waals surface area contributed by atoms with E-state index in [-0.39, 0.29) is 18.9 Å². The number of unbranched alkanes of at least 4 members (excludes halogenated alkanes) is 20. The smallest absolute Gasteiger partial charge is 0.220 e. The van der Waals surface area contributed by atoms with Crippen LogP contribution in [0.25, 0.3) is 0 Å². The zero-order valence-electron chi connectivity index (χ0n) is 48.1. The minimum absolute atomic E-state index is 0.257. The second kappa shape index (κ2) is 48.6. The SMILES string of the molecule is CC/C=C\C/C=C\C/C=C\C/C=C\C/C=C\CCCCCCCCCCCC(=O)NC(COC1OC(CO)C(OC2OC(CO)C(O)C(O)C2O)C(O)C1O)C(O)/C=C/CC/C=C/CC/C=C/CCCCCCCCCCC. The molecule has 78 heavy (non-hydrogen) atoms. The highest BCUT2D eigenvalue weighted by Gasteiger charge is 2.51. The molecule has 12 unspecified atom stereocenters. The van der Waals surface area contributed by atoms with Gasteiger partial charge >= 0.3 is 0 Å². The molecule has 2 fully saturated rings. The van der Waals surface area contributed by atoms with Crippen molar-refractivity contribution in [3.05, 3.63) is 97.2 Å². The number of hydrogen-bond donors (Lipinski definition) is 9. The first-order chi connectivity index (χ1) is 38.1. The minimum atomic E-state index is -1.80. The molecule has 14 heteroatoms. The van der Waals surface area contributed by atoms with Crippen LogP contribution in [0.4, 0.5) is 0 Å². The van der Waals surface area contributed by atoms with E-state index >= 15 is 0 Å². The molecule has 14 nitrogen and oxygen atoms in total. The maximum Gasteiger partial charge on any atom is 0.220 e. The van der Waals surface area contributed by atoms with Gasteiger partial charge in [0.15, 0.2) is 12.6 Å². The summed E-state index contributed by atoms with van der Waals surface area (Å²) in [6, 6.07) is -0.948. The molecular formula is C64H109NO13. The van der Waals surface area contributed by atoms with Crippen molar-refractivity contribution in [2.45, 2.75) is 280 Å². The third-order valence-corrected chi connectivity index (χ3v) is 14.2. The van der Waals surface area contributed by atoms with E-state index in [4.69, 9.17) is 18.9 Å². The highest BCUT2D eigenvalue weighted by molar-refractivity contribution is 5.76. The zero-order valence-corrected chi connectivity index (χ0v) is 48.1. The van der Waals surface area contributed by atoms with Gasteiger partial charge in [0, 0.05) is 6.42 Å². The van der Waals surface area contributed by atoms with Crippen LogP contribution in [0, 0.1) is 0 Å². The van der Waals surface area contributed by atoms with Gasteiger partial charge in [0.05, 0.1) is 32.0 Å². The summed E-state index contributed by atoms with van der Waals surface area (Å²) in [7, 11) is 0. The molecule has 2 saturated heterocycles. The molecule has 0 saturated carbocycles. The molecule has 0 radical (unpaired) electrons. The van der Waals surface area contributed by atoms with Crippen LogP contribution >= 0.6 is 0 Å². The van der Waals surface area contributed by atoms with Crippen LogP contribution < -0.4 is 5.32 Å². The Bertz CT molecular complexity index is 1680. The van der Waals surface area contributed by atoms with Crippen molar-refractivity contribution in [2.24, 2.45) is 0 Å². The van der Waals surface area contributed by atoms with Crippen molar-refractivity contribution in [3.63, 3.8) is 0 Å². The van der Waals surface area contributed by atoms with Crippen molar-refractivity contribution in [1.29, 1.82) is 0 Å². The lowest BCUT2D eigenvalue weighted by Crippen LogP contribution is -2.65. The number of aliphatic hydroxyl groups is 8. The minimum Gasteiger partial charge on any atom is -0.394 e. The predicted octanol–water partition coefficient (Wildman–Crippen LogP) is 10.7. The van der Waals surface area contributed by atoms with Crippen LogP contribution in [-0.2, 0) is 23.7 Å². The molecule has 0 aromatic rings. The Labute approximate surface area is 471 Å². The number of allylic oxidation sites excluding steroid dienone is 15. The summed E-state index contributed by atoms with van der Waals surface area (Å²) in [6.45, 7) is 2.64. The van der Waals surface area contributed by atoms with E-state index in [0.717, 1.165) is 83.5 Å². The van der Waals surface area contributed by atoms with Crippen molar-refractivity contribution < 1.29 is 64.6 Å². The fourth-order valence-corrected chi connectivity index (χ4v) is 9.35. The Balaban J connectivity index is 1.78. The standard InChI is InChI=1S/C64H109NO13/c1-3-5-7-9-11-13-15-17-19-21-23-24-25-26-27-28-30-32-34-36-38-40-42-44-46-48-56(69)65-52(53(68)47-45-43-41-39-37-35-33-31-29-22-20-18-16-14-12-10-8-6-4-2)51-75-63-61(74)59(72)62(55(50-67)77-63)78-64-60(73)58(71)57(70)54(49-66)76-64/h5,7,11,13,17,19,23-24,26-27,29,31,37,39,45,47,52-55,57-64,66-68,70-74H,3-4,6,8-10,12,14-16,18,20-22,25,28,30,32-36,38,40-44,46,48-51H2,1-2H3,(H,65,69)/b7-5-,13-11-,19-17-,24-23-,27-26-,31-29+,39-37+,47-45+. The molecule has 2 heterocycles. The largest absolute Gasteiger partial charge is 0.394 e. The van der Waals surface area contributed by atoms with E-state index in [2.05, 4.69) is 104 Å². The summed E-state index contributed by atoms with van der Waals surface area (Å²) < 4.78 is 22.8. The van der Waals surface area contributed by atoms with E-state index in [9.17, 15) is 45.6 Å². The second-order valence-electron chi connectivity index (χ2n) is 21.1. The highest BCUT2D eigenvalue weighted by Crippen LogP contribution is 2.30. The molecule has 1 amide bonds. The van der Waals surface area contributed by atoms with Gasteiger partial charge in [-0.15, -0.1) is 0 Å². The molecule has 0 aromatic heterocycles. The van der Waals surface area contributed by atoms with Crippen LogP contribution in [0.2, 0.25) is 0 Å². The Morgan fingerprint density at radius 3 is 1.41 bits per heavy atom. The van der Waals surface area contributed by atoms with E-state index in [1.54, 1.807) is 6.08 Å². The maximum absolute atomic E-state index is 13.3. The van der Waals surface area contributed by atoms with Crippen LogP contribution in [0.3, 0.4) is 0 Å². The van der Waals surface area contributed by atoms with E-state index in [0.29, 0.717) is 12.8 Å². The average Bonchev–Trinajstić information content (AvgIpc) is 3.44. The Morgan fingerprint density at radius 2 is 0.897 bits per heavy atom. The van der Waals surface area contributed by atoms with Gasteiger partial charge in [-0.25, -0.2) is 0 Å². The van der Waals surface area contributed by atoms with Crippen LogP contribution in [0.1, 0.15) is 206 Å².